The maximum absolute atomic E-state index is 13.3. The average Bonchev–Trinajstić information content (AvgIpc) is 3.00. The van der Waals surface area contributed by atoms with Gasteiger partial charge in [0.05, 0.1) is 12.6 Å². The number of benzene rings is 1. The summed E-state index contributed by atoms with van der Waals surface area (Å²) in [7, 11) is 0. The Labute approximate surface area is 123 Å². The highest BCUT2D eigenvalue weighted by molar-refractivity contribution is 5.99. The standard InChI is InChI=1S/C16H21F2NO2/c1-11(19(8-9-20)13-4-2-3-5-13)16(21)12-6-7-14(17)15(18)10-12/h6-7,10-11,13,20H,2-5,8-9H2,1H3. The number of carbonyl (C=O) groups excluding carboxylic acids is 1. The fourth-order valence-electron chi connectivity index (χ4n) is 3.09. The lowest BCUT2D eigenvalue weighted by Crippen LogP contribution is -2.46. The van der Waals surface area contributed by atoms with Gasteiger partial charge in [-0.1, -0.05) is 12.8 Å². The van der Waals surface area contributed by atoms with E-state index in [1.165, 1.54) is 6.07 Å². The Kier molecular flexibility index (Phi) is 5.42. The molecule has 1 unspecified atom stereocenters. The molecule has 1 fully saturated rings. The van der Waals surface area contributed by atoms with Crippen LogP contribution >= 0.6 is 0 Å². The molecule has 1 aliphatic carbocycles. The average molecular weight is 297 g/mol. The van der Waals surface area contributed by atoms with Crippen molar-refractivity contribution in [3.05, 3.63) is 35.4 Å². The van der Waals surface area contributed by atoms with E-state index in [-0.39, 0.29) is 24.0 Å². The molecule has 2 rings (SSSR count). The fourth-order valence-corrected chi connectivity index (χ4v) is 3.09. The lowest BCUT2D eigenvalue weighted by Gasteiger charge is -2.33. The Morgan fingerprint density at radius 1 is 1.33 bits per heavy atom. The smallest absolute Gasteiger partial charge is 0.179 e. The second kappa shape index (κ2) is 7.09. The van der Waals surface area contributed by atoms with Gasteiger partial charge in [-0.25, -0.2) is 8.78 Å². The third kappa shape index (κ3) is 3.66. The van der Waals surface area contributed by atoms with Crippen LogP contribution < -0.4 is 0 Å². The van der Waals surface area contributed by atoms with Crippen molar-refractivity contribution in [2.75, 3.05) is 13.2 Å². The molecule has 1 saturated carbocycles. The minimum Gasteiger partial charge on any atom is -0.395 e. The first-order valence-electron chi connectivity index (χ1n) is 7.40. The van der Waals surface area contributed by atoms with Crippen molar-refractivity contribution in [1.29, 1.82) is 0 Å². The van der Waals surface area contributed by atoms with Gasteiger partial charge in [0, 0.05) is 18.2 Å². The lowest BCUT2D eigenvalue weighted by atomic mass is 10.0. The van der Waals surface area contributed by atoms with Crippen molar-refractivity contribution in [1.82, 2.24) is 4.90 Å². The molecule has 0 amide bonds. The van der Waals surface area contributed by atoms with Crippen LogP contribution in [0.3, 0.4) is 0 Å². The van der Waals surface area contributed by atoms with Crippen molar-refractivity contribution in [2.45, 2.75) is 44.7 Å². The van der Waals surface area contributed by atoms with Gasteiger partial charge in [0.25, 0.3) is 0 Å². The summed E-state index contributed by atoms with van der Waals surface area (Å²) in [5.74, 6) is -2.21. The first-order chi connectivity index (χ1) is 10.0. The summed E-state index contributed by atoms with van der Waals surface area (Å²) >= 11 is 0. The Bertz CT molecular complexity index is 501. The van der Waals surface area contributed by atoms with Gasteiger partial charge < -0.3 is 5.11 Å². The number of hydrogen-bond donors (Lipinski definition) is 1. The SMILES string of the molecule is CC(C(=O)c1ccc(F)c(F)c1)N(CCO)C1CCCC1. The largest absolute Gasteiger partial charge is 0.395 e. The van der Waals surface area contributed by atoms with E-state index in [9.17, 15) is 18.7 Å². The summed E-state index contributed by atoms with van der Waals surface area (Å²) < 4.78 is 26.2. The molecule has 1 aromatic rings. The van der Waals surface area contributed by atoms with E-state index in [0.29, 0.717) is 6.54 Å². The summed E-state index contributed by atoms with van der Waals surface area (Å²) in [5.41, 5.74) is 0.169. The Morgan fingerprint density at radius 3 is 2.57 bits per heavy atom. The topological polar surface area (TPSA) is 40.5 Å². The van der Waals surface area contributed by atoms with Crippen LogP contribution in [0, 0.1) is 11.6 Å². The normalized spacial score (nSPS) is 17.4. The van der Waals surface area contributed by atoms with Gasteiger partial charge in [-0.15, -0.1) is 0 Å². The molecule has 0 spiro atoms. The van der Waals surface area contributed by atoms with Gasteiger partial charge in [0.1, 0.15) is 0 Å². The minimum atomic E-state index is -1.01. The molecule has 0 aromatic heterocycles. The number of ketones is 1. The molecular weight excluding hydrogens is 276 g/mol. The molecule has 21 heavy (non-hydrogen) atoms. The van der Waals surface area contributed by atoms with Gasteiger partial charge >= 0.3 is 0 Å². The van der Waals surface area contributed by atoms with Crippen molar-refractivity contribution >= 4 is 5.78 Å². The predicted molar refractivity (Wildman–Crippen MR) is 76.2 cm³/mol. The monoisotopic (exact) mass is 297 g/mol. The molecule has 1 N–H and O–H groups in total. The van der Waals surface area contributed by atoms with Crippen LogP contribution in [-0.2, 0) is 0 Å². The molecule has 0 bridgehead atoms. The van der Waals surface area contributed by atoms with Crippen molar-refractivity contribution in [3.8, 4) is 0 Å². The highest BCUT2D eigenvalue weighted by atomic mass is 19.2. The number of halogens is 2. The molecule has 1 atom stereocenters. The summed E-state index contributed by atoms with van der Waals surface area (Å²) in [6.45, 7) is 2.16. The van der Waals surface area contributed by atoms with E-state index < -0.39 is 17.7 Å². The molecule has 0 aliphatic heterocycles. The quantitative estimate of drug-likeness (QED) is 0.821. The van der Waals surface area contributed by atoms with Crippen LogP contribution in [0.4, 0.5) is 8.78 Å². The zero-order chi connectivity index (χ0) is 15.4. The van der Waals surface area contributed by atoms with Crippen molar-refractivity contribution in [3.63, 3.8) is 0 Å². The summed E-state index contributed by atoms with van der Waals surface area (Å²) in [4.78, 5) is 14.5. The fraction of sp³-hybridized carbons (Fsp3) is 0.562. The molecular formula is C16H21F2NO2. The van der Waals surface area contributed by atoms with Crippen molar-refractivity contribution in [2.24, 2.45) is 0 Å². The van der Waals surface area contributed by atoms with E-state index in [1.54, 1.807) is 6.92 Å². The van der Waals surface area contributed by atoms with E-state index >= 15 is 0 Å². The Balaban J connectivity index is 2.16. The summed E-state index contributed by atoms with van der Waals surface area (Å²) in [6, 6.07) is 3.05. The van der Waals surface area contributed by atoms with Crippen LogP contribution in [0.15, 0.2) is 18.2 Å². The predicted octanol–water partition coefficient (Wildman–Crippen LogP) is 2.77. The van der Waals surface area contributed by atoms with Crippen LogP contribution in [0.2, 0.25) is 0 Å². The third-order valence-corrected chi connectivity index (χ3v) is 4.23. The molecule has 5 heteroatoms. The first-order valence-corrected chi connectivity index (χ1v) is 7.40. The lowest BCUT2D eigenvalue weighted by molar-refractivity contribution is 0.0707. The molecule has 1 aromatic carbocycles. The number of hydrogen-bond acceptors (Lipinski definition) is 3. The summed E-state index contributed by atoms with van der Waals surface area (Å²) in [6.07, 6.45) is 4.27. The first kappa shape index (κ1) is 16.0. The van der Waals surface area contributed by atoms with E-state index in [1.807, 2.05) is 4.90 Å². The zero-order valence-electron chi connectivity index (χ0n) is 12.2. The van der Waals surface area contributed by atoms with E-state index in [2.05, 4.69) is 0 Å². The highest BCUT2D eigenvalue weighted by Crippen LogP contribution is 2.26. The van der Waals surface area contributed by atoms with Gasteiger partial charge in [-0.2, -0.15) is 0 Å². The maximum atomic E-state index is 13.3. The zero-order valence-corrected chi connectivity index (χ0v) is 12.2. The molecule has 1 aliphatic rings. The molecule has 0 radical (unpaired) electrons. The number of carbonyl (C=O) groups is 1. The summed E-state index contributed by atoms with van der Waals surface area (Å²) in [5, 5.41) is 9.22. The van der Waals surface area contributed by atoms with Crippen LogP contribution in [0.1, 0.15) is 43.0 Å². The second-order valence-electron chi connectivity index (χ2n) is 5.57. The van der Waals surface area contributed by atoms with Crippen LogP contribution in [-0.4, -0.2) is 41.0 Å². The minimum absolute atomic E-state index is 0.0219. The van der Waals surface area contributed by atoms with Gasteiger partial charge in [0.2, 0.25) is 0 Å². The Hall–Kier alpha value is -1.33. The van der Waals surface area contributed by atoms with Crippen LogP contribution in [0.25, 0.3) is 0 Å². The number of aliphatic hydroxyl groups is 1. The second-order valence-corrected chi connectivity index (χ2v) is 5.57. The number of Topliss-reactive ketones (excluding diaryl/α,β-unsaturated/α-hetero) is 1. The molecule has 0 heterocycles. The number of aliphatic hydroxyl groups excluding tert-OH is 1. The molecule has 3 nitrogen and oxygen atoms in total. The Morgan fingerprint density at radius 2 is 2.00 bits per heavy atom. The van der Waals surface area contributed by atoms with Crippen molar-refractivity contribution < 1.29 is 18.7 Å². The number of rotatable bonds is 6. The van der Waals surface area contributed by atoms with E-state index in [0.717, 1.165) is 37.8 Å². The van der Waals surface area contributed by atoms with Gasteiger partial charge in [-0.3, -0.25) is 9.69 Å². The van der Waals surface area contributed by atoms with E-state index in [4.69, 9.17) is 0 Å². The molecule has 116 valence electrons. The van der Waals surface area contributed by atoms with Gasteiger partial charge in [0.15, 0.2) is 17.4 Å². The van der Waals surface area contributed by atoms with Gasteiger partial charge in [-0.05, 0) is 38.0 Å². The highest BCUT2D eigenvalue weighted by Gasteiger charge is 2.30. The maximum Gasteiger partial charge on any atom is 0.179 e. The number of nitrogens with zero attached hydrogens (tertiary/aromatic N) is 1. The van der Waals surface area contributed by atoms with Crippen LogP contribution in [0.5, 0.6) is 0 Å². The third-order valence-electron chi connectivity index (χ3n) is 4.23. The molecule has 0 saturated heterocycles.